The van der Waals surface area contributed by atoms with Gasteiger partial charge in [0, 0.05) is 23.5 Å². The Morgan fingerprint density at radius 3 is 2.47 bits per heavy atom. The van der Waals surface area contributed by atoms with E-state index < -0.39 is 0 Å². The molecule has 1 saturated carbocycles. The van der Waals surface area contributed by atoms with Gasteiger partial charge in [0.2, 0.25) is 5.91 Å². The molecular formula is C24H30FN2O3+. The fourth-order valence-corrected chi connectivity index (χ4v) is 4.57. The van der Waals surface area contributed by atoms with Crippen molar-refractivity contribution in [2.45, 2.75) is 44.8 Å². The van der Waals surface area contributed by atoms with E-state index in [1.54, 1.807) is 14.2 Å². The maximum atomic E-state index is 13.4. The minimum Gasteiger partial charge on any atom is -0.493 e. The number of benzene rings is 2. The Balaban J connectivity index is 1.67. The van der Waals surface area contributed by atoms with Crippen LogP contribution in [-0.4, -0.2) is 32.7 Å². The molecule has 1 fully saturated rings. The molecule has 2 N–H and O–H groups in total. The monoisotopic (exact) mass is 413 g/mol. The summed E-state index contributed by atoms with van der Waals surface area (Å²) in [5.74, 6) is 1.52. The molecule has 2 aromatic rings. The zero-order valence-corrected chi connectivity index (χ0v) is 17.8. The van der Waals surface area contributed by atoms with Gasteiger partial charge >= 0.3 is 0 Å². The van der Waals surface area contributed by atoms with E-state index in [1.807, 2.05) is 12.1 Å². The van der Waals surface area contributed by atoms with Crippen LogP contribution in [0.1, 0.15) is 42.5 Å². The van der Waals surface area contributed by atoms with Gasteiger partial charge in [-0.25, -0.2) is 4.39 Å². The number of nitrogens with one attached hydrogen (secondary N) is 2. The third kappa shape index (κ3) is 4.29. The molecule has 1 unspecified atom stereocenters. The summed E-state index contributed by atoms with van der Waals surface area (Å²) in [6.45, 7) is 3.78. The predicted molar refractivity (Wildman–Crippen MR) is 112 cm³/mol. The summed E-state index contributed by atoms with van der Waals surface area (Å²) < 4.78 is 24.4. The van der Waals surface area contributed by atoms with Crippen LogP contribution in [0.2, 0.25) is 0 Å². The lowest BCUT2D eigenvalue weighted by atomic mass is 9.87. The molecule has 1 heterocycles. The first-order valence-electron chi connectivity index (χ1n) is 10.6. The highest BCUT2D eigenvalue weighted by Crippen LogP contribution is 2.35. The van der Waals surface area contributed by atoms with Crippen molar-refractivity contribution in [1.29, 1.82) is 0 Å². The minimum absolute atomic E-state index is 0.0364. The van der Waals surface area contributed by atoms with Crippen LogP contribution in [0.15, 0.2) is 36.4 Å². The highest BCUT2D eigenvalue weighted by molar-refractivity contribution is 5.81. The van der Waals surface area contributed by atoms with Crippen LogP contribution < -0.4 is 19.7 Å². The normalized spacial score (nSPS) is 21.5. The van der Waals surface area contributed by atoms with E-state index in [-0.39, 0.29) is 29.7 Å². The SMILES string of the molecule is COc1cc2c(cc1OC)[C@@H]([C@@H](C)NC(=O)C1CC1)[NH+](Cc1ccc(F)cc1)CC2. The minimum atomic E-state index is -0.226. The van der Waals surface area contributed by atoms with Gasteiger partial charge in [-0.2, -0.15) is 0 Å². The Kier molecular flexibility index (Phi) is 5.95. The van der Waals surface area contributed by atoms with Gasteiger partial charge in [0.05, 0.1) is 26.8 Å². The first-order chi connectivity index (χ1) is 14.5. The molecule has 4 rings (SSSR count). The Morgan fingerprint density at radius 1 is 1.17 bits per heavy atom. The number of methoxy groups -OCH3 is 2. The molecule has 2 aliphatic rings. The van der Waals surface area contributed by atoms with Crippen molar-refractivity contribution in [3.05, 3.63) is 58.9 Å². The molecule has 0 saturated heterocycles. The van der Waals surface area contributed by atoms with Gasteiger partial charge in [-0.05, 0) is 49.6 Å². The summed E-state index contributed by atoms with van der Waals surface area (Å²) in [5, 5.41) is 3.25. The van der Waals surface area contributed by atoms with E-state index in [0.29, 0.717) is 5.75 Å². The first kappa shape index (κ1) is 20.7. The number of ether oxygens (including phenoxy) is 2. The number of carbonyl (C=O) groups excluding carboxylic acids is 1. The van der Waals surface area contributed by atoms with Crippen LogP contribution in [0.4, 0.5) is 4.39 Å². The molecule has 160 valence electrons. The van der Waals surface area contributed by atoms with E-state index in [9.17, 15) is 9.18 Å². The fraction of sp³-hybridized carbons (Fsp3) is 0.458. The molecule has 0 radical (unpaired) electrons. The zero-order chi connectivity index (χ0) is 21.3. The largest absolute Gasteiger partial charge is 0.493 e. The van der Waals surface area contributed by atoms with E-state index >= 15 is 0 Å². The molecule has 3 atom stereocenters. The lowest BCUT2D eigenvalue weighted by Gasteiger charge is -2.38. The molecule has 30 heavy (non-hydrogen) atoms. The highest BCUT2D eigenvalue weighted by atomic mass is 19.1. The number of halogens is 1. The van der Waals surface area contributed by atoms with Crippen LogP contribution in [0.5, 0.6) is 11.5 Å². The molecule has 0 aromatic heterocycles. The van der Waals surface area contributed by atoms with Gasteiger partial charge in [-0.1, -0.05) is 12.1 Å². The number of hydrogen-bond donors (Lipinski definition) is 2. The summed E-state index contributed by atoms with van der Waals surface area (Å²) in [6, 6.07) is 10.9. The van der Waals surface area contributed by atoms with Crippen molar-refractivity contribution in [3.8, 4) is 11.5 Å². The molecule has 5 nitrogen and oxygen atoms in total. The Labute approximate surface area is 177 Å². The number of hydrogen-bond acceptors (Lipinski definition) is 3. The average Bonchev–Trinajstić information content (AvgIpc) is 3.59. The maximum Gasteiger partial charge on any atom is 0.223 e. The van der Waals surface area contributed by atoms with Gasteiger partial charge in [-0.15, -0.1) is 0 Å². The average molecular weight is 414 g/mol. The molecule has 1 aliphatic heterocycles. The quantitative estimate of drug-likeness (QED) is 0.733. The van der Waals surface area contributed by atoms with Gasteiger partial charge in [-0.3, -0.25) is 4.79 Å². The number of amides is 1. The number of fused-ring (bicyclic) bond motifs is 1. The van der Waals surface area contributed by atoms with Crippen LogP contribution in [0, 0.1) is 11.7 Å². The maximum absolute atomic E-state index is 13.4. The van der Waals surface area contributed by atoms with Crippen molar-refractivity contribution in [2.24, 2.45) is 5.92 Å². The molecule has 0 bridgehead atoms. The Morgan fingerprint density at radius 2 is 1.83 bits per heavy atom. The van der Waals surface area contributed by atoms with Crippen LogP contribution in [-0.2, 0) is 17.8 Å². The van der Waals surface area contributed by atoms with Crippen molar-refractivity contribution < 1.29 is 23.6 Å². The summed E-state index contributed by atoms with van der Waals surface area (Å²) in [7, 11) is 3.29. The number of carbonyl (C=O) groups is 1. The zero-order valence-electron chi connectivity index (χ0n) is 17.8. The van der Waals surface area contributed by atoms with Gasteiger partial charge in [0.1, 0.15) is 18.4 Å². The van der Waals surface area contributed by atoms with Gasteiger partial charge in [0.25, 0.3) is 0 Å². The summed E-state index contributed by atoms with van der Waals surface area (Å²) in [5.41, 5.74) is 3.49. The smallest absolute Gasteiger partial charge is 0.223 e. The molecule has 1 aliphatic carbocycles. The second kappa shape index (κ2) is 8.64. The van der Waals surface area contributed by atoms with Crippen LogP contribution in [0.3, 0.4) is 0 Å². The van der Waals surface area contributed by atoms with E-state index in [4.69, 9.17) is 9.47 Å². The molecule has 6 heteroatoms. The van der Waals surface area contributed by atoms with Crippen LogP contribution >= 0.6 is 0 Å². The Bertz CT molecular complexity index is 911. The van der Waals surface area contributed by atoms with Gasteiger partial charge in [0.15, 0.2) is 11.5 Å². The summed E-state index contributed by atoms with van der Waals surface area (Å²) >= 11 is 0. The number of quaternary nitrogens is 1. The topological polar surface area (TPSA) is 52.0 Å². The van der Waals surface area contributed by atoms with Crippen molar-refractivity contribution in [3.63, 3.8) is 0 Å². The molecule has 0 spiro atoms. The van der Waals surface area contributed by atoms with E-state index in [2.05, 4.69) is 24.4 Å². The first-order valence-corrected chi connectivity index (χ1v) is 10.6. The summed E-state index contributed by atoms with van der Waals surface area (Å²) in [6.07, 6.45) is 2.87. The van der Waals surface area contributed by atoms with E-state index in [0.717, 1.165) is 43.7 Å². The van der Waals surface area contributed by atoms with Crippen molar-refractivity contribution >= 4 is 5.91 Å². The van der Waals surface area contributed by atoms with Crippen LogP contribution in [0.25, 0.3) is 0 Å². The lowest BCUT2D eigenvalue weighted by Crippen LogP contribution is -3.13. The second-order valence-corrected chi connectivity index (χ2v) is 8.42. The molecular weight excluding hydrogens is 383 g/mol. The molecule has 2 aromatic carbocycles. The fourth-order valence-electron chi connectivity index (χ4n) is 4.57. The standard InChI is InChI=1S/C24H29FN2O3/c1-15(26-24(28)17-6-7-17)23-20-13-22(30-3)21(29-2)12-18(20)10-11-27(23)14-16-4-8-19(25)9-5-16/h4-5,8-9,12-13,15,17,23H,6-7,10-11,14H2,1-3H3,(H,26,28)/p+1/t15-,23-/m1/s1. The second-order valence-electron chi connectivity index (χ2n) is 8.42. The third-order valence-corrected chi connectivity index (χ3v) is 6.30. The highest BCUT2D eigenvalue weighted by Gasteiger charge is 2.39. The van der Waals surface area contributed by atoms with Gasteiger partial charge < -0.3 is 19.7 Å². The van der Waals surface area contributed by atoms with Crippen molar-refractivity contribution in [1.82, 2.24) is 5.32 Å². The lowest BCUT2D eigenvalue weighted by molar-refractivity contribution is -0.948. The van der Waals surface area contributed by atoms with Crippen molar-refractivity contribution in [2.75, 3.05) is 20.8 Å². The summed E-state index contributed by atoms with van der Waals surface area (Å²) in [4.78, 5) is 13.8. The third-order valence-electron chi connectivity index (χ3n) is 6.30. The molecule has 1 amide bonds. The number of rotatable bonds is 7. The van der Waals surface area contributed by atoms with E-state index in [1.165, 1.54) is 28.2 Å². The predicted octanol–water partition coefficient (Wildman–Crippen LogP) is 2.44. The Hall–Kier alpha value is -2.60.